The molecule has 118 valence electrons. The Morgan fingerprint density at radius 3 is 2.67 bits per heavy atom. The van der Waals surface area contributed by atoms with E-state index in [1.807, 2.05) is 18.2 Å². The number of nitrogens with zero attached hydrogens (tertiary/aromatic N) is 1. The maximum Gasteiger partial charge on any atom is 0.161 e. The van der Waals surface area contributed by atoms with Crippen LogP contribution in [0.5, 0.6) is 11.5 Å². The van der Waals surface area contributed by atoms with Crippen LogP contribution in [0.2, 0.25) is 0 Å². The normalized spacial score (nSPS) is 16.8. The van der Waals surface area contributed by atoms with Crippen LogP contribution in [0.3, 0.4) is 0 Å². The van der Waals surface area contributed by atoms with E-state index >= 15 is 0 Å². The fourth-order valence-electron chi connectivity index (χ4n) is 2.56. The van der Waals surface area contributed by atoms with Crippen molar-refractivity contribution in [3.05, 3.63) is 23.8 Å². The quantitative estimate of drug-likeness (QED) is 0.832. The fraction of sp³-hybridized carbons (Fsp3) is 0.625. The minimum absolute atomic E-state index is 0.270. The number of benzene rings is 1. The van der Waals surface area contributed by atoms with Crippen molar-refractivity contribution in [2.24, 2.45) is 0 Å². The Balaban J connectivity index is 2.03. The average Bonchev–Trinajstić information content (AvgIpc) is 2.52. The van der Waals surface area contributed by atoms with E-state index in [1.54, 1.807) is 7.11 Å². The molecule has 1 aliphatic rings. The molecule has 1 aliphatic heterocycles. The van der Waals surface area contributed by atoms with Crippen LogP contribution in [0, 0.1) is 0 Å². The Labute approximate surface area is 126 Å². The van der Waals surface area contributed by atoms with Gasteiger partial charge in [0, 0.05) is 19.7 Å². The highest BCUT2D eigenvalue weighted by molar-refractivity contribution is 5.44. The lowest BCUT2D eigenvalue weighted by atomic mass is 10.1. The Bertz CT molecular complexity index is 452. The van der Waals surface area contributed by atoms with Crippen LogP contribution in [0.4, 0.5) is 0 Å². The van der Waals surface area contributed by atoms with Crippen molar-refractivity contribution in [3.8, 4) is 11.5 Å². The van der Waals surface area contributed by atoms with Crippen molar-refractivity contribution in [1.82, 2.24) is 4.90 Å². The molecule has 0 aliphatic carbocycles. The van der Waals surface area contributed by atoms with Gasteiger partial charge in [-0.1, -0.05) is 13.0 Å². The van der Waals surface area contributed by atoms with Crippen LogP contribution in [-0.4, -0.2) is 56.1 Å². The van der Waals surface area contributed by atoms with Gasteiger partial charge < -0.3 is 19.3 Å². The zero-order chi connectivity index (χ0) is 15.2. The first-order valence-electron chi connectivity index (χ1n) is 7.46. The van der Waals surface area contributed by atoms with Crippen molar-refractivity contribution < 1.29 is 19.3 Å². The van der Waals surface area contributed by atoms with Crippen LogP contribution < -0.4 is 9.47 Å². The van der Waals surface area contributed by atoms with Crippen molar-refractivity contribution in [1.29, 1.82) is 0 Å². The molecule has 0 radical (unpaired) electrons. The summed E-state index contributed by atoms with van der Waals surface area (Å²) in [6.07, 6.45) is -0.555. The molecule has 1 aromatic rings. The van der Waals surface area contributed by atoms with E-state index in [1.165, 1.54) is 0 Å². The van der Waals surface area contributed by atoms with Gasteiger partial charge in [-0.2, -0.15) is 0 Å². The van der Waals surface area contributed by atoms with E-state index in [4.69, 9.17) is 14.2 Å². The van der Waals surface area contributed by atoms with E-state index in [-0.39, 0.29) is 6.04 Å². The highest BCUT2D eigenvalue weighted by Gasteiger charge is 2.19. The largest absolute Gasteiger partial charge is 0.486 e. The maximum absolute atomic E-state index is 10.5. The van der Waals surface area contributed by atoms with Gasteiger partial charge in [-0.15, -0.1) is 0 Å². The van der Waals surface area contributed by atoms with Gasteiger partial charge >= 0.3 is 0 Å². The molecule has 0 amide bonds. The van der Waals surface area contributed by atoms with E-state index in [2.05, 4.69) is 18.7 Å². The number of fused-ring (bicyclic) bond motifs is 1. The number of ether oxygens (including phenoxy) is 3. The lowest BCUT2D eigenvalue weighted by molar-refractivity contribution is 0.0579. The van der Waals surface area contributed by atoms with Crippen LogP contribution in [0.1, 0.15) is 25.5 Å². The molecular weight excluding hydrogens is 270 g/mol. The number of likely N-dealkylation sites (N-methyl/N-ethyl adjacent to an activating group) is 1. The second-order valence-electron chi connectivity index (χ2n) is 5.31. The molecule has 5 nitrogen and oxygen atoms in total. The first-order valence-corrected chi connectivity index (χ1v) is 7.46. The third-order valence-corrected chi connectivity index (χ3v) is 3.80. The third kappa shape index (κ3) is 4.09. The first-order chi connectivity index (χ1) is 10.2. The maximum atomic E-state index is 10.5. The van der Waals surface area contributed by atoms with Gasteiger partial charge in [-0.3, -0.25) is 4.90 Å². The Kier molecular flexibility index (Phi) is 5.85. The number of aliphatic hydroxyl groups is 1. The zero-order valence-electron chi connectivity index (χ0n) is 13.0. The number of hydrogen-bond donors (Lipinski definition) is 1. The van der Waals surface area contributed by atoms with Crippen molar-refractivity contribution in [2.75, 3.05) is 40.0 Å². The second kappa shape index (κ2) is 7.64. The topological polar surface area (TPSA) is 51.2 Å². The van der Waals surface area contributed by atoms with Gasteiger partial charge in [0.25, 0.3) is 0 Å². The Morgan fingerprint density at radius 2 is 2.00 bits per heavy atom. The smallest absolute Gasteiger partial charge is 0.161 e. The number of hydrogen-bond acceptors (Lipinski definition) is 5. The molecule has 0 saturated carbocycles. The van der Waals surface area contributed by atoms with Crippen LogP contribution in [0.15, 0.2) is 18.2 Å². The van der Waals surface area contributed by atoms with Crippen molar-refractivity contribution >= 4 is 0 Å². The van der Waals surface area contributed by atoms with Gasteiger partial charge in [0.15, 0.2) is 11.5 Å². The van der Waals surface area contributed by atoms with Crippen molar-refractivity contribution in [2.45, 2.75) is 26.0 Å². The summed E-state index contributed by atoms with van der Waals surface area (Å²) in [4.78, 5) is 2.20. The molecule has 21 heavy (non-hydrogen) atoms. The SMILES string of the molecule is CCN(CC(O)c1ccc2c(c1)OCCO2)C(C)COC. The summed E-state index contributed by atoms with van der Waals surface area (Å²) in [5.74, 6) is 1.46. The molecular formula is C16H25NO4. The van der Waals surface area contributed by atoms with Crippen LogP contribution in [-0.2, 0) is 4.74 Å². The molecule has 0 aromatic heterocycles. The standard InChI is InChI=1S/C16H25NO4/c1-4-17(12(2)11-19-3)10-14(18)13-5-6-15-16(9-13)21-8-7-20-15/h5-6,9,12,14,18H,4,7-8,10-11H2,1-3H3. The van der Waals surface area contributed by atoms with Crippen LogP contribution in [0.25, 0.3) is 0 Å². The fourth-order valence-corrected chi connectivity index (χ4v) is 2.56. The first kappa shape index (κ1) is 16.1. The molecule has 1 heterocycles. The number of methoxy groups -OCH3 is 1. The zero-order valence-corrected chi connectivity index (χ0v) is 13.0. The van der Waals surface area contributed by atoms with Gasteiger partial charge in [0.2, 0.25) is 0 Å². The molecule has 1 aromatic carbocycles. The predicted octanol–water partition coefficient (Wildman–Crippen LogP) is 1.85. The minimum atomic E-state index is -0.555. The van der Waals surface area contributed by atoms with Gasteiger partial charge in [0.1, 0.15) is 13.2 Å². The van der Waals surface area contributed by atoms with E-state index in [9.17, 15) is 5.11 Å². The highest BCUT2D eigenvalue weighted by Crippen LogP contribution is 2.32. The summed E-state index contributed by atoms with van der Waals surface area (Å²) in [5.41, 5.74) is 0.849. The van der Waals surface area contributed by atoms with E-state index in [0.29, 0.717) is 32.1 Å². The molecule has 0 saturated heterocycles. The summed E-state index contributed by atoms with van der Waals surface area (Å²) in [5, 5.41) is 10.5. The lowest BCUT2D eigenvalue weighted by Crippen LogP contribution is -2.39. The monoisotopic (exact) mass is 295 g/mol. The molecule has 0 fully saturated rings. The minimum Gasteiger partial charge on any atom is -0.486 e. The predicted molar refractivity (Wildman–Crippen MR) is 81.0 cm³/mol. The molecule has 0 bridgehead atoms. The van der Waals surface area contributed by atoms with E-state index in [0.717, 1.165) is 17.9 Å². The second-order valence-corrected chi connectivity index (χ2v) is 5.31. The Hall–Kier alpha value is -1.30. The molecule has 5 heteroatoms. The average molecular weight is 295 g/mol. The Morgan fingerprint density at radius 1 is 1.29 bits per heavy atom. The summed E-state index contributed by atoms with van der Waals surface area (Å²) in [7, 11) is 1.70. The van der Waals surface area contributed by atoms with Gasteiger partial charge in [-0.25, -0.2) is 0 Å². The summed E-state index contributed by atoms with van der Waals surface area (Å²) >= 11 is 0. The van der Waals surface area contributed by atoms with Crippen LogP contribution >= 0.6 is 0 Å². The summed E-state index contributed by atoms with van der Waals surface area (Å²) < 4.78 is 16.2. The van der Waals surface area contributed by atoms with E-state index < -0.39 is 6.10 Å². The molecule has 2 rings (SSSR count). The third-order valence-electron chi connectivity index (χ3n) is 3.80. The highest BCUT2D eigenvalue weighted by atomic mass is 16.6. The molecule has 1 N–H and O–H groups in total. The van der Waals surface area contributed by atoms with Gasteiger partial charge in [0.05, 0.1) is 12.7 Å². The summed E-state index contributed by atoms with van der Waals surface area (Å²) in [6.45, 7) is 7.41. The number of rotatable bonds is 7. The number of aliphatic hydroxyl groups excluding tert-OH is 1. The molecule has 2 unspecified atom stereocenters. The lowest BCUT2D eigenvalue weighted by Gasteiger charge is -2.29. The van der Waals surface area contributed by atoms with Crippen molar-refractivity contribution in [3.63, 3.8) is 0 Å². The molecule has 2 atom stereocenters. The molecule has 0 spiro atoms. The summed E-state index contributed by atoms with van der Waals surface area (Å²) in [6, 6.07) is 5.90. The van der Waals surface area contributed by atoms with Gasteiger partial charge in [-0.05, 0) is 31.2 Å².